The van der Waals surface area contributed by atoms with E-state index in [2.05, 4.69) is 21.7 Å². The predicted octanol–water partition coefficient (Wildman–Crippen LogP) is -1.47. The Kier molecular flexibility index (Phi) is 6.03. The molecule has 2 amide bonds. The lowest BCUT2D eigenvalue weighted by Crippen LogP contribution is -2.45. The summed E-state index contributed by atoms with van der Waals surface area (Å²) in [6.07, 6.45) is 0.883. The summed E-state index contributed by atoms with van der Waals surface area (Å²) in [7, 11) is -6.08. The van der Waals surface area contributed by atoms with Gasteiger partial charge in [-0.2, -0.15) is 0 Å². The van der Waals surface area contributed by atoms with Crippen LogP contribution >= 0.6 is 0 Å². The zero-order chi connectivity index (χ0) is 20.4. The average molecular weight is 431 g/mol. The third kappa shape index (κ3) is 5.50. The molecule has 2 heterocycles. The van der Waals surface area contributed by atoms with Crippen LogP contribution in [0.25, 0.3) is 0 Å². The standard InChI is InChI=1S/C16H22N4O6S2/c21-15(19-17-13-5-7-27(23,24)9-13)11-1-2-12(4-3-11)16(22)20-18-14-6-8-28(25,26)10-14/h1-4,13-14,17-18H,5-10H2,(H,19,21)(H,20,22). The SMILES string of the molecule is O=C(NNC1CCS(=O)(=O)C1)c1ccc(C(=O)NNC2CCS(=O)(=O)C2)cc1. The summed E-state index contributed by atoms with van der Waals surface area (Å²) in [6.45, 7) is 0. The van der Waals surface area contributed by atoms with Gasteiger partial charge in [0.1, 0.15) is 0 Å². The van der Waals surface area contributed by atoms with Gasteiger partial charge in [0.2, 0.25) is 0 Å². The molecule has 1 aromatic carbocycles. The summed E-state index contributed by atoms with van der Waals surface area (Å²) in [5, 5.41) is 0. The Bertz CT molecular complexity index is 880. The molecule has 2 saturated heterocycles. The first-order chi connectivity index (χ1) is 13.1. The van der Waals surface area contributed by atoms with E-state index in [0.717, 1.165) is 0 Å². The Labute approximate surface area is 163 Å². The van der Waals surface area contributed by atoms with Crippen LogP contribution in [0.3, 0.4) is 0 Å². The maximum Gasteiger partial charge on any atom is 0.265 e. The fraction of sp³-hybridized carbons (Fsp3) is 0.500. The van der Waals surface area contributed by atoms with Crippen molar-refractivity contribution in [1.82, 2.24) is 21.7 Å². The molecule has 28 heavy (non-hydrogen) atoms. The van der Waals surface area contributed by atoms with Crippen molar-refractivity contribution in [2.24, 2.45) is 0 Å². The van der Waals surface area contributed by atoms with Gasteiger partial charge in [0.25, 0.3) is 11.8 Å². The van der Waals surface area contributed by atoms with Gasteiger partial charge in [0, 0.05) is 23.2 Å². The third-order valence-corrected chi connectivity index (χ3v) is 8.19. The molecule has 0 saturated carbocycles. The lowest BCUT2D eigenvalue weighted by Gasteiger charge is -2.13. The van der Waals surface area contributed by atoms with Crippen molar-refractivity contribution in [3.05, 3.63) is 35.4 Å². The number of carbonyl (C=O) groups is 2. The molecule has 2 unspecified atom stereocenters. The number of hydrogen-bond donors (Lipinski definition) is 4. The van der Waals surface area contributed by atoms with Crippen LogP contribution in [-0.4, -0.2) is 63.7 Å². The topological polar surface area (TPSA) is 151 Å². The van der Waals surface area contributed by atoms with Crippen molar-refractivity contribution in [2.45, 2.75) is 24.9 Å². The van der Waals surface area contributed by atoms with Gasteiger partial charge in [0.05, 0.1) is 23.0 Å². The molecule has 0 aliphatic carbocycles. The first-order valence-electron chi connectivity index (χ1n) is 8.76. The summed E-state index contributed by atoms with van der Waals surface area (Å²) >= 11 is 0. The van der Waals surface area contributed by atoms with Crippen LogP contribution in [0.2, 0.25) is 0 Å². The molecule has 4 N–H and O–H groups in total. The molecular weight excluding hydrogens is 408 g/mol. The zero-order valence-electron chi connectivity index (χ0n) is 15.0. The minimum absolute atomic E-state index is 0.0122. The molecule has 10 nitrogen and oxygen atoms in total. The van der Waals surface area contributed by atoms with Gasteiger partial charge >= 0.3 is 0 Å². The smallest absolute Gasteiger partial charge is 0.265 e. The van der Waals surface area contributed by atoms with Crippen LogP contribution in [0.5, 0.6) is 0 Å². The minimum atomic E-state index is -3.04. The van der Waals surface area contributed by atoms with E-state index in [1.165, 1.54) is 24.3 Å². The van der Waals surface area contributed by atoms with Crippen LogP contribution in [-0.2, 0) is 19.7 Å². The Morgan fingerprint density at radius 2 is 1.07 bits per heavy atom. The summed E-state index contributed by atoms with van der Waals surface area (Å²) in [5.41, 5.74) is 11.0. The molecule has 2 atom stereocenters. The van der Waals surface area contributed by atoms with Crippen molar-refractivity contribution in [3.63, 3.8) is 0 Å². The molecule has 0 radical (unpaired) electrons. The highest BCUT2D eigenvalue weighted by molar-refractivity contribution is 7.91. The molecule has 0 bridgehead atoms. The van der Waals surface area contributed by atoms with E-state index < -0.39 is 31.5 Å². The summed E-state index contributed by atoms with van der Waals surface area (Å²) < 4.78 is 45.6. The quantitative estimate of drug-likeness (QED) is 0.400. The van der Waals surface area contributed by atoms with Crippen molar-refractivity contribution in [1.29, 1.82) is 0 Å². The number of sulfone groups is 2. The number of carbonyl (C=O) groups excluding carboxylic acids is 2. The highest BCUT2D eigenvalue weighted by Gasteiger charge is 2.29. The van der Waals surface area contributed by atoms with E-state index in [1.54, 1.807) is 0 Å². The lowest BCUT2D eigenvalue weighted by molar-refractivity contribution is 0.0915. The first-order valence-corrected chi connectivity index (χ1v) is 12.4. The molecule has 0 spiro atoms. The molecule has 1 aromatic rings. The molecule has 3 rings (SSSR count). The van der Waals surface area contributed by atoms with Gasteiger partial charge in [-0.05, 0) is 37.1 Å². The molecule has 2 fully saturated rings. The van der Waals surface area contributed by atoms with Crippen LogP contribution in [0.15, 0.2) is 24.3 Å². The molecular formula is C16H22N4O6S2. The van der Waals surface area contributed by atoms with Gasteiger partial charge in [0.15, 0.2) is 19.7 Å². The van der Waals surface area contributed by atoms with Crippen molar-refractivity contribution in [2.75, 3.05) is 23.0 Å². The molecule has 2 aliphatic rings. The second kappa shape index (κ2) is 8.15. The van der Waals surface area contributed by atoms with E-state index >= 15 is 0 Å². The number of rotatable bonds is 6. The monoisotopic (exact) mass is 430 g/mol. The maximum absolute atomic E-state index is 12.1. The van der Waals surface area contributed by atoms with E-state index in [-0.39, 0.29) is 35.1 Å². The Hall–Kier alpha value is -2.02. The summed E-state index contributed by atoms with van der Waals surface area (Å²) in [4.78, 5) is 24.2. The van der Waals surface area contributed by atoms with Crippen molar-refractivity contribution >= 4 is 31.5 Å². The van der Waals surface area contributed by atoms with Gasteiger partial charge in [-0.1, -0.05) is 0 Å². The largest absolute Gasteiger partial charge is 0.287 e. The molecule has 2 aliphatic heterocycles. The molecule has 12 heteroatoms. The highest BCUT2D eigenvalue weighted by Crippen LogP contribution is 2.12. The van der Waals surface area contributed by atoms with Crippen molar-refractivity contribution in [3.8, 4) is 0 Å². The first kappa shape index (κ1) is 20.7. The van der Waals surface area contributed by atoms with Gasteiger partial charge < -0.3 is 0 Å². The number of benzene rings is 1. The molecule has 154 valence electrons. The van der Waals surface area contributed by atoms with Gasteiger partial charge in [-0.25, -0.2) is 27.7 Å². The Morgan fingerprint density at radius 3 is 1.36 bits per heavy atom. The normalized spacial score (nSPS) is 25.3. The Morgan fingerprint density at radius 1 is 0.714 bits per heavy atom. The maximum atomic E-state index is 12.1. The fourth-order valence-electron chi connectivity index (χ4n) is 3.07. The summed E-state index contributed by atoms with van der Waals surface area (Å²) in [5.74, 6) is -0.698. The number of hydrazine groups is 2. The third-order valence-electron chi connectivity index (χ3n) is 4.65. The fourth-order valence-corrected chi connectivity index (χ4v) is 6.42. The van der Waals surface area contributed by atoms with E-state index in [1.807, 2.05) is 0 Å². The van der Waals surface area contributed by atoms with Crippen LogP contribution in [0, 0.1) is 0 Å². The van der Waals surface area contributed by atoms with E-state index in [9.17, 15) is 26.4 Å². The minimum Gasteiger partial charge on any atom is -0.287 e. The highest BCUT2D eigenvalue weighted by atomic mass is 32.2. The summed E-state index contributed by atoms with van der Waals surface area (Å²) in [6, 6.07) is 5.25. The van der Waals surface area contributed by atoms with E-state index in [0.29, 0.717) is 24.0 Å². The second-order valence-electron chi connectivity index (χ2n) is 6.97. The van der Waals surface area contributed by atoms with Crippen molar-refractivity contribution < 1.29 is 26.4 Å². The number of nitrogens with one attached hydrogen (secondary N) is 4. The van der Waals surface area contributed by atoms with Crippen LogP contribution in [0.1, 0.15) is 33.6 Å². The predicted molar refractivity (Wildman–Crippen MR) is 102 cm³/mol. The number of amides is 2. The van der Waals surface area contributed by atoms with Gasteiger partial charge in [-0.3, -0.25) is 20.4 Å². The van der Waals surface area contributed by atoms with Crippen LogP contribution < -0.4 is 21.7 Å². The van der Waals surface area contributed by atoms with Gasteiger partial charge in [-0.15, -0.1) is 0 Å². The average Bonchev–Trinajstić information content (AvgIpc) is 3.18. The zero-order valence-corrected chi connectivity index (χ0v) is 16.6. The lowest BCUT2D eigenvalue weighted by atomic mass is 10.1. The van der Waals surface area contributed by atoms with Crippen LogP contribution in [0.4, 0.5) is 0 Å². The number of hydrogen-bond acceptors (Lipinski definition) is 8. The molecule has 0 aromatic heterocycles. The van der Waals surface area contributed by atoms with E-state index in [4.69, 9.17) is 0 Å². The Balaban J connectivity index is 1.47. The second-order valence-corrected chi connectivity index (χ2v) is 11.4.